The molecule has 1 saturated heterocycles. The number of hydrogen-bond donors (Lipinski definition) is 0. The largest absolute Gasteiger partial charge is 0.487 e. The Morgan fingerprint density at radius 2 is 1.88 bits per heavy atom. The maximum Gasteiger partial charge on any atom is 0.487 e. The summed E-state index contributed by atoms with van der Waals surface area (Å²) in [5.41, 5.74) is 0.535. The third kappa shape index (κ3) is 2.46. The van der Waals surface area contributed by atoms with E-state index in [4.69, 9.17) is 9.31 Å². The summed E-state index contributed by atoms with van der Waals surface area (Å²) in [7, 11) is -0.288. The highest BCUT2D eigenvalue weighted by molar-refractivity contribution is 7.10. The number of allylic oxidation sites excluding steroid dienone is 1. The van der Waals surface area contributed by atoms with Crippen LogP contribution < -0.4 is 0 Å². The van der Waals surface area contributed by atoms with E-state index in [0.29, 0.717) is 0 Å². The Kier molecular flexibility index (Phi) is 3.18. The fourth-order valence-electron chi connectivity index (χ4n) is 1.65. The fraction of sp³-hybridized carbons (Fsp3) is 0.583. The minimum Gasteiger partial charge on any atom is -0.400 e. The topological polar surface area (TPSA) is 31.4 Å². The molecule has 0 saturated carbocycles. The predicted octanol–water partition coefficient (Wildman–Crippen LogP) is 3.18. The average molecular weight is 251 g/mol. The molecule has 1 aromatic heterocycles. The monoisotopic (exact) mass is 251 g/mol. The van der Waals surface area contributed by atoms with E-state index in [1.54, 1.807) is 11.3 Å². The summed E-state index contributed by atoms with van der Waals surface area (Å²) in [6.07, 6.45) is 1.81. The Labute approximate surface area is 107 Å². The van der Waals surface area contributed by atoms with Gasteiger partial charge in [-0.25, -0.2) is 4.98 Å². The van der Waals surface area contributed by atoms with Crippen LogP contribution in [-0.4, -0.2) is 23.3 Å². The average Bonchev–Trinajstić information content (AvgIpc) is 2.73. The van der Waals surface area contributed by atoms with E-state index in [1.807, 2.05) is 24.5 Å². The Hall–Kier alpha value is -0.645. The first-order chi connectivity index (χ1) is 7.82. The Morgan fingerprint density at radius 1 is 1.29 bits per heavy atom. The van der Waals surface area contributed by atoms with Crippen molar-refractivity contribution in [2.45, 2.75) is 45.8 Å². The van der Waals surface area contributed by atoms with Crippen LogP contribution in [0, 0.1) is 0 Å². The quantitative estimate of drug-likeness (QED) is 0.756. The van der Waals surface area contributed by atoms with E-state index in [1.165, 1.54) is 0 Å². The summed E-state index contributed by atoms with van der Waals surface area (Å²) in [4.78, 5) is 4.27. The molecular formula is C12H18BNO2S. The second-order valence-electron chi connectivity index (χ2n) is 5.31. The van der Waals surface area contributed by atoms with Gasteiger partial charge in [0.25, 0.3) is 0 Å². The molecule has 1 aromatic rings. The molecule has 5 heteroatoms. The third-order valence-corrected chi connectivity index (χ3v) is 4.34. The molecule has 2 heterocycles. The summed E-state index contributed by atoms with van der Waals surface area (Å²) in [5.74, 6) is 2.00. The molecule has 1 fully saturated rings. The Bertz CT molecular complexity index is 410. The van der Waals surface area contributed by atoms with Gasteiger partial charge in [-0.2, -0.15) is 0 Å². The lowest BCUT2D eigenvalue weighted by Crippen LogP contribution is -2.41. The molecule has 0 radical (unpaired) electrons. The number of thiazole rings is 1. The summed E-state index contributed by atoms with van der Waals surface area (Å²) < 4.78 is 11.8. The van der Waals surface area contributed by atoms with Gasteiger partial charge in [0.2, 0.25) is 0 Å². The fourth-order valence-corrected chi connectivity index (χ4v) is 2.28. The Morgan fingerprint density at radius 3 is 2.35 bits per heavy atom. The van der Waals surface area contributed by atoms with Crippen molar-refractivity contribution in [1.82, 2.24) is 4.98 Å². The van der Waals surface area contributed by atoms with E-state index in [-0.39, 0.29) is 18.3 Å². The lowest BCUT2D eigenvalue weighted by atomic mass is 9.87. The molecule has 92 valence electrons. The SMILES string of the molecule is C/C(=C/B1OC(C)(C)C(C)(C)O1)c1nccs1. The zero-order chi connectivity index (χ0) is 12.7. The lowest BCUT2D eigenvalue weighted by Gasteiger charge is -2.32. The van der Waals surface area contributed by atoms with E-state index in [2.05, 4.69) is 32.7 Å². The van der Waals surface area contributed by atoms with Crippen LogP contribution in [0.25, 0.3) is 5.57 Å². The second kappa shape index (κ2) is 4.23. The van der Waals surface area contributed by atoms with Crippen LogP contribution in [0.4, 0.5) is 0 Å². The summed E-state index contributed by atoms with van der Waals surface area (Å²) >= 11 is 1.62. The number of rotatable bonds is 2. The lowest BCUT2D eigenvalue weighted by molar-refractivity contribution is 0.00578. The van der Waals surface area contributed by atoms with E-state index in [9.17, 15) is 0 Å². The Balaban J connectivity index is 2.15. The van der Waals surface area contributed by atoms with Gasteiger partial charge in [-0.05, 0) is 46.2 Å². The normalized spacial score (nSPS) is 23.1. The molecule has 0 aromatic carbocycles. The van der Waals surface area contributed by atoms with E-state index in [0.717, 1.165) is 10.6 Å². The maximum absolute atomic E-state index is 5.91. The molecule has 1 aliphatic rings. The van der Waals surface area contributed by atoms with Crippen molar-refractivity contribution in [1.29, 1.82) is 0 Å². The first-order valence-corrected chi connectivity index (χ1v) is 6.64. The smallest absolute Gasteiger partial charge is 0.400 e. The molecule has 0 unspecified atom stereocenters. The molecule has 0 spiro atoms. The number of hydrogen-bond acceptors (Lipinski definition) is 4. The van der Waals surface area contributed by atoms with Crippen molar-refractivity contribution in [3.8, 4) is 0 Å². The van der Waals surface area contributed by atoms with Gasteiger partial charge >= 0.3 is 7.12 Å². The predicted molar refractivity (Wildman–Crippen MR) is 71.8 cm³/mol. The molecular weight excluding hydrogens is 233 g/mol. The van der Waals surface area contributed by atoms with E-state index >= 15 is 0 Å². The van der Waals surface area contributed by atoms with Crippen LogP contribution in [-0.2, 0) is 9.31 Å². The second-order valence-corrected chi connectivity index (χ2v) is 6.21. The van der Waals surface area contributed by atoms with Crippen molar-refractivity contribution in [2.75, 3.05) is 0 Å². The van der Waals surface area contributed by atoms with Gasteiger partial charge in [0, 0.05) is 11.6 Å². The molecule has 2 rings (SSSR count). The zero-order valence-corrected chi connectivity index (χ0v) is 11.8. The van der Waals surface area contributed by atoms with E-state index < -0.39 is 0 Å². The molecule has 0 N–H and O–H groups in total. The van der Waals surface area contributed by atoms with Gasteiger partial charge in [-0.3, -0.25) is 0 Å². The first kappa shape index (κ1) is 12.8. The van der Waals surface area contributed by atoms with Crippen LogP contribution in [0.3, 0.4) is 0 Å². The number of nitrogens with zero attached hydrogens (tertiary/aromatic N) is 1. The van der Waals surface area contributed by atoms with Gasteiger partial charge in [0.1, 0.15) is 5.01 Å². The molecule has 17 heavy (non-hydrogen) atoms. The standard InChI is InChI=1S/C12H18BNO2S/c1-9(10-14-6-7-17-10)8-13-15-11(2,3)12(4,5)16-13/h6-8H,1-5H3/b9-8-. The highest BCUT2D eigenvalue weighted by Crippen LogP contribution is 2.37. The van der Waals surface area contributed by atoms with Gasteiger partial charge in [-0.1, -0.05) is 0 Å². The molecule has 0 atom stereocenters. The summed E-state index contributed by atoms with van der Waals surface area (Å²) in [6, 6.07) is 0. The minimum absolute atomic E-state index is 0.280. The molecule has 1 aliphatic heterocycles. The van der Waals surface area contributed by atoms with Crippen molar-refractivity contribution in [3.63, 3.8) is 0 Å². The number of aromatic nitrogens is 1. The molecule has 0 bridgehead atoms. The minimum atomic E-state index is -0.288. The van der Waals surface area contributed by atoms with Crippen molar-refractivity contribution in [2.24, 2.45) is 0 Å². The highest BCUT2D eigenvalue weighted by atomic mass is 32.1. The first-order valence-electron chi connectivity index (χ1n) is 5.76. The van der Waals surface area contributed by atoms with Gasteiger partial charge in [0.15, 0.2) is 0 Å². The van der Waals surface area contributed by atoms with Gasteiger partial charge < -0.3 is 9.31 Å². The summed E-state index contributed by atoms with van der Waals surface area (Å²) in [5, 5.41) is 2.98. The van der Waals surface area contributed by atoms with Gasteiger partial charge in [-0.15, -0.1) is 11.3 Å². The van der Waals surface area contributed by atoms with Crippen molar-refractivity contribution in [3.05, 3.63) is 22.6 Å². The van der Waals surface area contributed by atoms with Crippen LogP contribution in [0.5, 0.6) is 0 Å². The van der Waals surface area contributed by atoms with Crippen LogP contribution in [0.1, 0.15) is 39.6 Å². The zero-order valence-electron chi connectivity index (χ0n) is 11.0. The molecule has 0 amide bonds. The highest BCUT2D eigenvalue weighted by Gasteiger charge is 2.50. The van der Waals surface area contributed by atoms with Crippen LogP contribution >= 0.6 is 11.3 Å². The van der Waals surface area contributed by atoms with Crippen LogP contribution in [0.2, 0.25) is 0 Å². The summed E-state index contributed by atoms with van der Waals surface area (Å²) in [6.45, 7) is 10.3. The molecule has 3 nitrogen and oxygen atoms in total. The van der Waals surface area contributed by atoms with Crippen molar-refractivity contribution < 1.29 is 9.31 Å². The van der Waals surface area contributed by atoms with Crippen LogP contribution in [0.15, 0.2) is 17.6 Å². The maximum atomic E-state index is 5.91. The van der Waals surface area contributed by atoms with Crippen molar-refractivity contribution >= 4 is 24.0 Å². The molecule has 0 aliphatic carbocycles. The van der Waals surface area contributed by atoms with Gasteiger partial charge in [0.05, 0.1) is 11.2 Å². The third-order valence-electron chi connectivity index (χ3n) is 3.43.